The monoisotopic (exact) mass is 797 g/mol. The minimum atomic E-state index is -1.18. The molecule has 1 aliphatic rings. The van der Waals surface area contributed by atoms with Crippen LogP contribution in [0.25, 0.3) is 11.1 Å². The normalized spacial score (nSPS) is 12.7. The summed E-state index contributed by atoms with van der Waals surface area (Å²) in [7, 11) is 0. The van der Waals surface area contributed by atoms with Crippen molar-refractivity contribution in [2.45, 2.75) is 70.1 Å². The van der Waals surface area contributed by atoms with E-state index >= 15 is 0 Å². The standard InChI is InChI=1S/C43H51N5O10/c1-5-22-56-39(52)26-46-41(54)35(23-28-14-7-6-8-15-28)47-37(50)25-44-36(49)24-45-40(53)34(20-13-21-38(51)58-43(2,3)4)48-42(55)57-27-33-31-18-11-9-16-29(31)30-17-10-12-19-32(30)33/h5-12,14-19,33-35H,1,13,20-27H2,2-4H3,(H,44,49)(H,45,53)(H,46,54)(H,47,50)(H,48,55)/t34-,35-/m0/s1. The highest BCUT2D eigenvalue weighted by Gasteiger charge is 2.30. The number of carbonyl (C=O) groups excluding carboxylic acids is 7. The van der Waals surface area contributed by atoms with Crippen molar-refractivity contribution in [2.24, 2.45) is 0 Å². The molecule has 0 saturated carbocycles. The van der Waals surface area contributed by atoms with Gasteiger partial charge in [-0.05, 0) is 61.4 Å². The van der Waals surface area contributed by atoms with Crippen LogP contribution in [0.1, 0.15) is 62.6 Å². The van der Waals surface area contributed by atoms with Crippen molar-refractivity contribution in [1.82, 2.24) is 26.6 Å². The molecule has 308 valence electrons. The fourth-order valence-electron chi connectivity index (χ4n) is 6.22. The lowest BCUT2D eigenvalue weighted by atomic mass is 9.98. The lowest BCUT2D eigenvalue weighted by molar-refractivity contribution is -0.155. The number of hydrogen-bond acceptors (Lipinski definition) is 10. The second-order valence-corrected chi connectivity index (χ2v) is 14.5. The highest BCUT2D eigenvalue weighted by molar-refractivity contribution is 5.93. The van der Waals surface area contributed by atoms with Gasteiger partial charge in [-0.3, -0.25) is 28.8 Å². The van der Waals surface area contributed by atoms with Crippen LogP contribution in [-0.4, -0.2) is 92.2 Å². The number of benzene rings is 3. The molecule has 0 radical (unpaired) electrons. The van der Waals surface area contributed by atoms with Gasteiger partial charge in [-0.15, -0.1) is 0 Å². The van der Waals surface area contributed by atoms with Crippen LogP contribution < -0.4 is 26.6 Å². The maximum Gasteiger partial charge on any atom is 0.407 e. The Kier molecular flexibility index (Phi) is 16.5. The minimum absolute atomic E-state index is 0.00666. The third-order valence-electron chi connectivity index (χ3n) is 8.82. The lowest BCUT2D eigenvalue weighted by Gasteiger charge is -2.21. The summed E-state index contributed by atoms with van der Waals surface area (Å²) in [6, 6.07) is 22.3. The smallest absolute Gasteiger partial charge is 0.407 e. The first-order valence-electron chi connectivity index (χ1n) is 19.0. The number of esters is 2. The van der Waals surface area contributed by atoms with Gasteiger partial charge >= 0.3 is 18.0 Å². The number of nitrogens with one attached hydrogen (secondary N) is 5. The van der Waals surface area contributed by atoms with Gasteiger partial charge in [-0.1, -0.05) is 91.5 Å². The fourth-order valence-corrected chi connectivity index (χ4v) is 6.22. The van der Waals surface area contributed by atoms with Crippen molar-refractivity contribution >= 4 is 41.7 Å². The fraction of sp³-hybridized carbons (Fsp3) is 0.372. The molecule has 15 heteroatoms. The van der Waals surface area contributed by atoms with Gasteiger partial charge in [-0.25, -0.2) is 4.79 Å². The van der Waals surface area contributed by atoms with Gasteiger partial charge in [0.15, 0.2) is 0 Å². The second-order valence-electron chi connectivity index (χ2n) is 14.5. The summed E-state index contributed by atoms with van der Waals surface area (Å²) in [4.78, 5) is 89.2. The summed E-state index contributed by atoms with van der Waals surface area (Å²) in [6.45, 7) is 7.14. The number of carbonyl (C=O) groups is 7. The van der Waals surface area contributed by atoms with Crippen molar-refractivity contribution in [3.8, 4) is 11.1 Å². The molecule has 1 aliphatic carbocycles. The third kappa shape index (κ3) is 14.2. The molecule has 0 aromatic heterocycles. The van der Waals surface area contributed by atoms with Crippen molar-refractivity contribution in [3.63, 3.8) is 0 Å². The Balaban J connectivity index is 1.31. The van der Waals surface area contributed by atoms with E-state index in [0.717, 1.165) is 27.8 Å². The summed E-state index contributed by atoms with van der Waals surface area (Å²) >= 11 is 0. The molecule has 4 rings (SSSR count). The van der Waals surface area contributed by atoms with Gasteiger partial charge < -0.3 is 40.8 Å². The molecule has 3 aromatic rings. The third-order valence-corrected chi connectivity index (χ3v) is 8.82. The zero-order valence-electron chi connectivity index (χ0n) is 33.0. The van der Waals surface area contributed by atoms with Gasteiger partial charge in [0.25, 0.3) is 0 Å². The number of fused-ring (bicyclic) bond motifs is 3. The summed E-state index contributed by atoms with van der Waals surface area (Å²) in [5.41, 5.74) is 4.17. The topological polar surface area (TPSA) is 207 Å². The van der Waals surface area contributed by atoms with Crippen LogP contribution in [0, 0.1) is 0 Å². The van der Waals surface area contributed by atoms with Gasteiger partial charge in [0, 0.05) is 18.8 Å². The summed E-state index contributed by atoms with van der Waals surface area (Å²) in [5, 5.41) is 12.4. The predicted molar refractivity (Wildman–Crippen MR) is 214 cm³/mol. The molecule has 0 fully saturated rings. The average molecular weight is 798 g/mol. The molecule has 15 nitrogen and oxygen atoms in total. The van der Waals surface area contributed by atoms with E-state index < -0.39 is 79.0 Å². The van der Waals surface area contributed by atoms with Crippen molar-refractivity contribution < 1.29 is 47.8 Å². The molecule has 0 spiro atoms. The summed E-state index contributed by atoms with van der Waals surface area (Å²) < 4.78 is 15.9. The van der Waals surface area contributed by atoms with E-state index in [-0.39, 0.29) is 44.8 Å². The Bertz CT molecular complexity index is 1900. The molecule has 0 unspecified atom stereocenters. The zero-order valence-corrected chi connectivity index (χ0v) is 33.0. The average Bonchev–Trinajstić information content (AvgIpc) is 3.52. The Morgan fingerprint density at radius 1 is 0.690 bits per heavy atom. The van der Waals surface area contributed by atoms with E-state index in [1.165, 1.54) is 6.08 Å². The number of hydrogen-bond donors (Lipinski definition) is 5. The molecule has 5 N–H and O–H groups in total. The SMILES string of the molecule is C=CCOC(=O)CNC(=O)[C@H](Cc1ccccc1)NC(=O)CNC(=O)CNC(=O)[C@H](CCCC(=O)OC(C)(C)C)NC(=O)OCC1c2ccccc2-c2ccccc21. The number of alkyl carbamates (subject to hydrolysis) is 1. The van der Waals surface area contributed by atoms with Crippen molar-refractivity contribution in [1.29, 1.82) is 0 Å². The quantitative estimate of drug-likeness (QED) is 0.0641. The summed E-state index contributed by atoms with van der Waals surface area (Å²) in [5.74, 6) is -4.18. The highest BCUT2D eigenvalue weighted by atomic mass is 16.6. The second kappa shape index (κ2) is 21.7. The van der Waals surface area contributed by atoms with Crippen LogP contribution in [0.2, 0.25) is 0 Å². The van der Waals surface area contributed by atoms with Crippen LogP contribution in [0.15, 0.2) is 91.5 Å². The molecule has 0 aliphatic heterocycles. The van der Waals surface area contributed by atoms with Gasteiger partial charge in [0.05, 0.1) is 13.1 Å². The Hall–Kier alpha value is -6.51. The molecule has 58 heavy (non-hydrogen) atoms. The predicted octanol–water partition coefficient (Wildman–Crippen LogP) is 3.21. The van der Waals surface area contributed by atoms with Crippen molar-refractivity contribution in [3.05, 3.63) is 108 Å². The molecular formula is C43H51N5O10. The van der Waals surface area contributed by atoms with E-state index in [1.807, 2.05) is 48.5 Å². The molecule has 0 bridgehead atoms. The lowest BCUT2D eigenvalue weighted by Crippen LogP contribution is -2.52. The molecular weight excluding hydrogens is 746 g/mol. The van der Waals surface area contributed by atoms with Crippen LogP contribution >= 0.6 is 0 Å². The van der Waals surface area contributed by atoms with E-state index in [4.69, 9.17) is 14.2 Å². The maximum absolute atomic E-state index is 13.3. The zero-order chi connectivity index (χ0) is 42.1. The highest BCUT2D eigenvalue weighted by Crippen LogP contribution is 2.44. The maximum atomic E-state index is 13.3. The summed E-state index contributed by atoms with van der Waals surface area (Å²) in [6.07, 6.45) is 0.799. The Morgan fingerprint density at radius 2 is 1.28 bits per heavy atom. The Labute approximate surface area is 337 Å². The van der Waals surface area contributed by atoms with E-state index in [9.17, 15) is 33.6 Å². The van der Waals surface area contributed by atoms with Crippen LogP contribution in [0.4, 0.5) is 4.79 Å². The largest absolute Gasteiger partial charge is 0.460 e. The van der Waals surface area contributed by atoms with E-state index in [2.05, 4.69) is 33.2 Å². The minimum Gasteiger partial charge on any atom is -0.460 e. The first kappa shape index (κ1) is 44.2. The van der Waals surface area contributed by atoms with Gasteiger partial charge in [0.2, 0.25) is 23.6 Å². The molecule has 0 saturated heterocycles. The van der Waals surface area contributed by atoms with Crippen LogP contribution in [-0.2, 0) is 49.4 Å². The number of rotatable bonds is 20. The molecule has 2 atom stereocenters. The van der Waals surface area contributed by atoms with Crippen molar-refractivity contribution in [2.75, 3.05) is 32.8 Å². The van der Waals surface area contributed by atoms with Gasteiger partial charge in [-0.2, -0.15) is 0 Å². The number of ether oxygens (including phenoxy) is 3. The van der Waals surface area contributed by atoms with Crippen LogP contribution in [0.5, 0.6) is 0 Å². The number of amides is 5. The first-order valence-corrected chi connectivity index (χ1v) is 19.0. The Morgan fingerprint density at radius 3 is 1.91 bits per heavy atom. The van der Waals surface area contributed by atoms with E-state index in [1.54, 1.807) is 51.1 Å². The molecule has 0 heterocycles. The van der Waals surface area contributed by atoms with Crippen LogP contribution in [0.3, 0.4) is 0 Å². The molecule has 3 aromatic carbocycles. The van der Waals surface area contributed by atoms with E-state index in [0.29, 0.717) is 0 Å². The first-order chi connectivity index (χ1) is 27.7. The molecule has 5 amide bonds. The van der Waals surface area contributed by atoms with Gasteiger partial charge in [0.1, 0.15) is 37.4 Å².